The van der Waals surface area contributed by atoms with E-state index in [1.807, 2.05) is 6.92 Å². The molecule has 4 atom stereocenters. The molecule has 1 fully saturated rings. The maximum atomic E-state index is 9.37. The largest absolute Gasteiger partial charge is 0.394 e. The smallest absolute Gasteiger partial charge is 0.167 e. The lowest BCUT2D eigenvalue weighted by atomic mass is 10.0. The number of fused-ring (bicyclic) bond motifs is 1. The molecule has 2 aromatic rings. The molecular formula is C12H17N5O3. The second kappa shape index (κ2) is 4.97. The van der Waals surface area contributed by atoms with Crippen molar-refractivity contribution in [3.8, 4) is 0 Å². The second-order valence-corrected chi connectivity index (χ2v) is 4.89. The van der Waals surface area contributed by atoms with E-state index in [-0.39, 0.29) is 24.7 Å². The van der Waals surface area contributed by atoms with Gasteiger partial charge < -0.3 is 20.3 Å². The van der Waals surface area contributed by atoms with Gasteiger partial charge in [0.25, 0.3) is 0 Å². The molecule has 8 heteroatoms. The molecule has 108 valence electrons. The van der Waals surface area contributed by atoms with Crippen molar-refractivity contribution in [3.63, 3.8) is 0 Å². The highest BCUT2D eigenvalue weighted by Gasteiger charge is 2.43. The molecular weight excluding hydrogens is 262 g/mol. The number of ether oxygens (including phenoxy) is 2. The Hall–Kier alpha value is -1.77. The van der Waals surface area contributed by atoms with E-state index >= 15 is 0 Å². The summed E-state index contributed by atoms with van der Waals surface area (Å²) < 4.78 is 13.1. The number of nitrogens with two attached hydrogens (primary N) is 1. The average molecular weight is 279 g/mol. The van der Waals surface area contributed by atoms with Crippen LogP contribution in [0.25, 0.3) is 11.2 Å². The minimum absolute atomic E-state index is 0.0543. The third-order valence-electron chi connectivity index (χ3n) is 3.81. The van der Waals surface area contributed by atoms with E-state index in [0.717, 1.165) is 0 Å². The van der Waals surface area contributed by atoms with Crippen LogP contribution in [0.5, 0.6) is 0 Å². The number of methoxy groups -OCH3 is 1. The van der Waals surface area contributed by atoms with Crippen LogP contribution in [-0.4, -0.2) is 50.6 Å². The first-order valence-electron chi connectivity index (χ1n) is 6.39. The van der Waals surface area contributed by atoms with E-state index in [1.165, 1.54) is 6.33 Å². The summed E-state index contributed by atoms with van der Waals surface area (Å²) in [6.07, 6.45) is 2.13. The lowest BCUT2D eigenvalue weighted by Gasteiger charge is -2.20. The summed E-state index contributed by atoms with van der Waals surface area (Å²) in [5.41, 5.74) is 6.90. The minimum atomic E-state index is -0.397. The van der Waals surface area contributed by atoms with Crippen molar-refractivity contribution >= 4 is 17.0 Å². The molecule has 2 aromatic heterocycles. The van der Waals surface area contributed by atoms with Gasteiger partial charge in [-0.1, -0.05) is 6.92 Å². The van der Waals surface area contributed by atoms with Gasteiger partial charge in [0.2, 0.25) is 0 Å². The molecule has 0 aliphatic carbocycles. The standard InChI is InChI=1S/C12H17N5O3/c1-6-7(3-18)20-12(9(6)19-2)17-5-16-8-10(13)14-4-15-11(8)17/h4-7,9,12,18H,3H2,1-2H3,(H2,13,14,15)/t6-,7-,9-,12-/m1/s1. The molecule has 0 saturated carbocycles. The number of aliphatic hydroxyl groups is 1. The molecule has 3 N–H and O–H groups in total. The van der Waals surface area contributed by atoms with Crippen molar-refractivity contribution in [1.29, 1.82) is 0 Å². The summed E-state index contributed by atoms with van der Waals surface area (Å²) in [6.45, 7) is 1.93. The molecule has 3 heterocycles. The highest BCUT2D eigenvalue weighted by Crippen LogP contribution is 2.36. The number of hydrogen-bond donors (Lipinski definition) is 2. The zero-order chi connectivity index (χ0) is 14.3. The number of anilines is 1. The highest BCUT2D eigenvalue weighted by molar-refractivity contribution is 5.81. The summed E-state index contributed by atoms with van der Waals surface area (Å²) in [5.74, 6) is 0.388. The third kappa shape index (κ3) is 1.84. The van der Waals surface area contributed by atoms with Gasteiger partial charge in [-0.3, -0.25) is 4.57 Å². The molecule has 3 rings (SSSR count). The number of hydrogen-bond acceptors (Lipinski definition) is 7. The van der Waals surface area contributed by atoms with Crippen LogP contribution in [0.2, 0.25) is 0 Å². The van der Waals surface area contributed by atoms with Gasteiger partial charge in [-0.25, -0.2) is 15.0 Å². The van der Waals surface area contributed by atoms with Crippen molar-refractivity contribution in [3.05, 3.63) is 12.7 Å². The Morgan fingerprint density at radius 3 is 2.95 bits per heavy atom. The molecule has 0 unspecified atom stereocenters. The Morgan fingerprint density at radius 2 is 2.25 bits per heavy atom. The number of aliphatic hydroxyl groups excluding tert-OH is 1. The van der Waals surface area contributed by atoms with Gasteiger partial charge in [0.15, 0.2) is 17.7 Å². The van der Waals surface area contributed by atoms with Gasteiger partial charge in [0, 0.05) is 13.0 Å². The molecule has 0 spiro atoms. The maximum absolute atomic E-state index is 9.37. The monoisotopic (exact) mass is 279 g/mol. The zero-order valence-electron chi connectivity index (χ0n) is 11.3. The van der Waals surface area contributed by atoms with Crippen molar-refractivity contribution in [2.45, 2.75) is 25.4 Å². The van der Waals surface area contributed by atoms with Crippen molar-refractivity contribution in [2.24, 2.45) is 5.92 Å². The second-order valence-electron chi connectivity index (χ2n) is 4.89. The van der Waals surface area contributed by atoms with Crippen LogP contribution in [0, 0.1) is 5.92 Å². The molecule has 1 aliphatic rings. The fourth-order valence-electron chi connectivity index (χ4n) is 2.67. The lowest BCUT2D eigenvalue weighted by Crippen LogP contribution is -2.27. The van der Waals surface area contributed by atoms with Gasteiger partial charge in [-0.15, -0.1) is 0 Å². The van der Waals surface area contributed by atoms with Gasteiger partial charge in [-0.2, -0.15) is 0 Å². The Morgan fingerprint density at radius 1 is 1.45 bits per heavy atom. The fraction of sp³-hybridized carbons (Fsp3) is 0.583. The molecule has 20 heavy (non-hydrogen) atoms. The van der Waals surface area contributed by atoms with E-state index in [2.05, 4.69) is 15.0 Å². The Balaban J connectivity index is 2.04. The van der Waals surface area contributed by atoms with Crippen LogP contribution < -0.4 is 5.73 Å². The first-order chi connectivity index (χ1) is 9.67. The maximum Gasteiger partial charge on any atom is 0.167 e. The van der Waals surface area contributed by atoms with Gasteiger partial charge in [0.05, 0.1) is 19.0 Å². The molecule has 0 aromatic carbocycles. The SMILES string of the molecule is CO[C@@H]1[C@H](C)[C@@H](CO)O[C@H]1n1cnc2c(N)ncnc21. The van der Waals surface area contributed by atoms with Crippen LogP contribution in [0.4, 0.5) is 5.82 Å². The summed E-state index contributed by atoms with van der Waals surface area (Å²) in [5, 5.41) is 9.37. The number of aromatic nitrogens is 4. The fourth-order valence-corrected chi connectivity index (χ4v) is 2.67. The van der Waals surface area contributed by atoms with E-state index in [1.54, 1.807) is 18.0 Å². The van der Waals surface area contributed by atoms with Crippen LogP contribution in [0.15, 0.2) is 12.7 Å². The molecule has 0 amide bonds. The van der Waals surface area contributed by atoms with Crippen molar-refractivity contribution in [1.82, 2.24) is 19.5 Å². The molecule has 0 radical (unpaired) electrons. The molecule has 1 saturated heterocycles. The van der Waals surface area contributed by atoms with E-state index in [4.69, 9.17) is 15.2 Å². The summed E-state index contributed by atoms with van der Waals surface area (Å²) in [4.78, 5) is 12.3. The van der Waals surface area contributed by atoms with Crippen LogP contribution in [0.1, 0.15) is 13.2 Å². The van der Waals surface area contributed by atoms with E-state index in [9.17, 15) is 5.11 Å². The summed E-state index contributed by atoms with van der Waals surface area (Å²) in [6, 6.07) is 0. The zero-order valence-corrected chi connectivity index (χ0v) is 11.3. The van der Waals surface area contributed by atoms with Gasteiger partial charge in [-0.05, 0) is 0 Å². The quantitative estimate of drug-likeness (QED) is 0.810. The summed E-state index contributed by atoms with van der Waals surface area (Å²) in [7, 11) is 1.62. The third-order valence-corrected chi connectivity index (χ3v) is 3.81. The predicted molar refractivity (Wildman–Crippen MR) is 70.7 cm³/mol. The topological polar surface area (TPSA) is 108 Å². The summed E-state index contributed by atoms with van der Waals surface area (Å²) >= 11 is 0. The Bertz CT molecular complexity index is 616. The first kappa shape index (κ1) is 13.2. The highest BCUT2D eigenvalue weighted by atomic mass is 16.6. The van der Waals surface area contributed by atoms with E-state index < -0.39 is 6.23 Å². The van der Waals surface area contributed by atoms with Crippen molar-refractivity contribution < 1.29 is 14.6 Å². The predicted octanol–water partition coefficient (Wildman–Crippen LogP) is -0.0507. The number of imidazole rings is 1. The Labute approximate surface area is 115 Å². The molecule has 0 bridgehead atoms. The number of nitrogen functional groups attached to an aromatic ring is 1. The van der Waals surface area contributed by atoms with Crippen LogP contribution >= 0.6 is 0 Å². The van der Waals surface area contributed by atoms with Crippen LogP contribution in [0.3, 0.4) is 0 Å². The number of rotatable bonds is 3. The average Bonchev–Trinajstić information content (AvgIpc) is 3.00. The number of nitrogens with zero attached hydrogens (tertiary/aromatic N) is 4. The minimum Gasteiger partial charge on any atom is -0.394 e. The lowest BCUT2D eigenvalue weighted by molar-refractivity contribution is -0.0583. The molecule has 1 aliphatic heterocycles. The molecule has 8 nitrogen and oxygen atoms in total. The first-order valence-corrected chi connectivity index (χ1v) is 6.39. The van der Waals surface area contributed by atoms with E-state index in [0.29, 0.717) is 17.0 Å². The van der Waals surface area contributed by atoms with Gasteiger partial charge in [0.1, 0.15) is 17.9 Å². The van der Waals surface area contributed by atoms with Crippen LogP contribution in [-0.2, 0) is 9.47 Å². The normalized spacial score (nSPS) is 30.1. The van der Waals surface area contributed by atoms with Gasteiger partial charge >= 0.3 is 0 Å². The Kier molecular flexibility index (Phi) is 3.28. The van der Waals surface area contributed by atoms with Crippen molar-refractivity contribution in [2.75, 3.05) is 19.5 Å².